The van der Waals surface area contributed by atoms with E-state index >= 15 is 0 Å². The summed E-state index contributed by atoms with van der Waals surface area (Å²) in [7, 11) is 2.43. The number of hydrogen-bond donors (Lipinski definition) is 0. The van der Waals surface area contributed by atoms with Crippen LogP contribution in [-0.4, -0.2) is 7.85 Å². The topological polar surface area (TPSA) is 0 Å². The second-order valence-electron chi connectivity index (χ2n) is 6.09. The summed E-state index contributed by atoms with van der Waals surface area (Å²) in [5.41, 5.74) is 2.09. The summed E-state index contributed by atoms with van der Waals surface area (Å²) >= 11 is 0. The first-order valence-electron chi connectivity index (χ1n) is 6.07. The minimum Gasteiger partial charge on any atom is -0.0622 e. The molecule has 0 saturated heterocycles. The fraction of sp³-hybridized carbons (Fsp3) is 0.571. The number of rotatable bonds is 1. The Bertz CT molecular complexity index is 316. The van der Waals surface area contributed by atoms with E-state index in [0.29, 0.717) is 10.7 Å². The smallest absolute Gasteiger partial charge is 0.0622 e. The lowest BCUT2D eigenvalue weighted by Crippen LogP contribution is -2.35. The van der Waals surface area contributed by atoms with Crippen LogP contribution >= 0.6 is 0 Å². The van der Waals surface area contributed by atoms with Crippen LogP contribution < -0.4 is 0 Å². The van der Waals surface area contributed by atoms with Crippen molar-refractivity contribution in [2.24, 2.45) is 5.41 Å². The highest BCUT2D eigenvalue weighted by molar-refractivity contribution is 6.16. The summed E-state index contributed by atoms with van der Waals surface area (Å²) in [6.45, 7) is 4.80. The second-order valence-corrected chi connectivity index (χ2v) is 6.09. The molecule has 0 spiro atoms. The van der Waals surface area contributed by atoms with Crippen molar-refractivity contribution >= 4 is 7.85 Å². The molecule has 0 nitrogen and oxygen atoms in total. The summed E-state index contributed by atoms with van der Waals surface area (Å²) in [5, 5.41) is 0.427. The van der Waals surface area contributed by atoms with E-state index in [0.717, 1.165) is 0 Å². The lowest BCUT2D eigenvalue weighted by atomic mass is 9.53. The van der Waals surface area contributed by atoms with Gasteiger partial charge in [-0.2, -0.15) is 0 Å². The quantitative estimate of drug-likeness (QED) is 0.611. The molecule has 2 rings (SSSR count). The first kappa shape index (κ1) is 10.8. The van der Waals surface area contributed by atoms with Crippen molar-refractivity contribution in [3.8, 4) is 0 Å². The van der Waals surface area contributed by atoms with Gasteiger partial charge in [0.1, 0.15) is 7.85 Å². The highest BCUT2D eigenvalue weighted by atomic mass is 14.4. The van der Waals surface area contributed by atoms with Gasteiger partial charge < -0.3 is 0 Å². The summed E-state index contributed by atoms with van der Waals surface area (Å²) in [6.07, 6.45) is 5.39. The van der Waals surface area contributed by atoms with Crippen LogP contribution in [0.15, 0.2) is 30.3 Å². The molecular formula is C14H21B. The maximum absolute atomic E-state index is 2.43. The Morgan fingerprint density at radius 3 is 2.00 bits per heavy atom. The Morgan fingerprint density at radius 2 is 1.47 bits per heavy atom. The molecule has 0 aromatic heterocycles. The second kappa shape index (κ2) is 3.70. The van der Waals surface area contributed by atoms with E-state index < -0.39 is 0 Å². The molecule has 1 fully saturated rings. The van der Waals surface area contributed by atoms with Crippen molar-refractivity contribution < 1.29 is 0 Å². The highest BCUT2D eigenvalue weighted by Crippen LogP contribution is 2.44. The van der Waals surface area contributed by atoms with Crippen LogP contribution in [0.2, 0.25) is 0 Å². The molecule has 1 aliphatic rings. The van der Waals surface area contributed by atoms with Gasteiger partial charge in [0.15, 0.2) is 0 Å². The van der Waals surface area contributed by atoms with Crippen molar-refractivity contribution in [2.45, 2.75) is 44.8 Å². The van der Waals surface area contributed by atoms with Crippen molar-refractivity contribution in [3.05, 3.63) is 35.9 Å². The van der Waals surface area contributed by atoms with Crippen molar-refractivity contribution in [2.75, 3.05) is 0 Å². The van der Waals surface area contributed by atoms with Gasteiger partial charge in [-0.1, -0.05) is 57.0 Å². The van der Waals surface area contributed by atoms with Crippen LogP contribution in [0.3, 0.4) is 0 Å². The molecule has 15 heavy (non-hydrogen) atoms. The predicted octanol–water partition coefficient (Wildman–Crippen LogP) is 3.12. The average molecular weight is 200 g/mol. The predicted molar refractivity (Wildman–Crippen MR) is 68.9 cm³/mol. The van der Waals surface area contributed by atoms with Gasteiger partial charge in [0, 0.05) is 0 Å². The zero-order valence-electron chi connectivity index (χ0n) is 10.2. The molecular weight excluding hydrogens is 179 g/mol. The van der Waals surface area contributed by atoms with Crippen LogP contribution in [0.4, 0.5) is 0 Å². The maximum Gasteiger partial charge on any atom is 0.115 e. The van der Waals surface area contributed by atoms with E-state index in [2.05, 4.69) is 52.0 Å². The van der Waals surface area contributed by atoms with E-state index in [1.54, 1.807) is 0 Å². The Labute approximate surface area is 94.5 Å². The number of hydrogen-bond acceptors (Lipinski definition) is 0. The lowest BCUT2D eigenvalue weighted by molar-refractivity contribution is 0.206. The molecule has 0 amide bonds. The minimum atomic E-state index is 0.427. The average Bonchev–Trinajstić information content (AvgIpc) is 2.24. The lowest BCUT2D eigenvalue weighted by Gasteiger charge is -2.42. The molecule has 1 saturated carbocycles. The molecule has 0 atom stereocenters. The molecule has 1 heteroatoms. The van der Waals surface area contributed by atoms with Gasteiger partial charge in [0.2, 0.25) is 0 Å². The summed E-state index contributed by atoms with van der Waals surface area (Å²) < 4.78 is 0. The van der Waals surface area contributed by atoms with E-state index in [9.17, 15) is 0 Å². The fourth-order valence-electron chi connectivity index (χ4n) is 2.61. The Hall–Kier alpha value is -0.715. The molecule has 0 N–H and O–H groups in total. The van der Waals surface area contributed by atoms with Crippen LogP contribution in [0.5, 0.6) is 0 Å². The summed E-state index contributed by atoms with van der Waals surface area (Å²) in [4.78, 5) is 0. The summed E-state index contributed by atoms with van der Waals surface area (Å²) in [5.74, 6) is 0. The standard InChI is InChI=1S/C14H21B/c1-13(2)8-10-14(15,11-9-13)12-6-4-3-5-7-12/h3-7H,8-11,15H2,1-2H3. The van der Waals surface area contributed by atoms with Gasteiger partial charge in [-0.3, -0.25) is 0 Å². The highest BCUT2D eigenvalue weighted by Gasteiger charge is 2.35. The van der Waals surface area contributed by atoms with Gasteiger partial charge in [-0.05, 0) is 29.1 Å². The normalized spacial score (nSPS) is 23.6. The van der Waals surface area contributed by atoms with E-state index in [1.807, 2.05) is 0 Å². The Kier molecular flexibility index (Phi) is 2.66. The third-order valence-electron chi connectivity index (χ3n) is 4.18. The van der Waals surface area contributed by atoms with Crippen molar-refractivity contribution in [1.29, 1.82) is 0 Å². The molecule has 1 aromatic rings. The molecule has 80 valence electrons. The monoisotopic (exact) mass is 200 g/mol. The largest absolute Gasteiger partial charge is 0.115 e. The molecule has 0 bridgehead atoms. The van der Waals surface area contributed by atoms with E-state index in [4.69, 9.17) is 0 Å². The van der Waals surface area contributed by atoms with Crippen LogP contribution in [0, 0.1) is 5.41 Å². The summed E-state index contributed by atoms with van der Waals surface area (Å²) in [6, 6.07) is 11.0. The van der Waals surface area contributed by atoms with E-state index in [1.165, 1.54) is 31.2 Å². The zero-order valence-corrected chi connectivity index (χ0v) is 10.2. The zero-order chi connectivity index (χ0) is 10.9. The third-order valence-corrected chi connectivity index (χ3v) is 4.18. The van der Waals surface area contributed by atoms with Crippen LogP contribution in [-0.2, 0) is 5.31 Å². The molecule has 0 heterocycles. The molecule has 1 aromatic carbocycles. The van der Waals surface area contributed by atoms with Crippen LogP contribution in [0.25, 0.3) is 0 Å². The van der Waals surface area contributed by atoms with Gasteiger partial charge >= 0.3 is 0 Å². The Balaban J connectivity index is 2.17. The third kappa shape index (κ3) is 2.27. The minimum absolute atomic E-state index is 0.427. The van der Waals surface area contributed by atoms with Gasteiger partial charge in [-0.25, -0.2) is 0 Å². The van der Waals surface area contributed by atoms with Crippen molar-refractivity contribution in [1.82, 2.24) is 0 Å². The molecule has 0 radical (unpaired) electrons. The molecule has 1 aliphatic carbocycles. The van der Waals surface area contributed by atoms with Crippen molar-refractivity contribution in [3.63, 3.8) is 0 Å². The van der Waals surface area contributed by atoms with E-state index in [-0.39, 0.29) is 0 Å². The van der Waals surface area contributed by atoms with Crippen LogP contribution in [0.1, 0.15) is 45.1 Å². The first-order valence-corrected chi connectivity index (χ1v) is 6.07. The van der Waals surface area contributed by atoms with Gasteiger partial charge in [0.05, 0.1) is 0 Å². The molecule has 0 unspecified atom stereocenters. The fourth-order valence-corrected chi connectivity index (χ4v) is 2.61. The first-order chi connectivity index (χ1) is 7.02. The van der Waals surface area contributed by atoms with Gasteiger partial charge in [0.25, 0.3) is 0 Å². The number of benzene rings is 1. The maximum atomic E-state index is 2.43. The molecule has 0 aliphatic heterocycles. The van der Waals surface area contributed by atoms with Gasteiger partial charge in [-0.15, -0.1) is 0 Å². The SMILES string of the molecule is BC1(c2ccccc2)CCC(C)(C)CC1. The Morgan fingerprint density at radius 1 is 0.933 bits per heavy atom.